The van der Waals surface area contributed by atoms with Gasteiger partial charge in [-0.2, -0.15) is 13.2 Å². The molecule has 0 aliphatic carbocycles. The zero-order chi connectivity index (χ0) is 19.9. The highest BCUT2D eigenvalue weighted by atomic mass is 127. The van der Waals surface area contributed by atoms with Gasteiger partial charge in [0.2, 0.25) is 0 Å². The van der Waals surface area contributed by atoms with Gasteiger partial charge in [-0.05, 0) is 31.5 Å². The van der Waals surface area contributed by atoms with Crippen LogP contribution in [-0.2, 0) is 19.1 Å². The number of methoxy groups -OCH3 is 1. The van der Waals surface area contributed by atoms with E-state index in [4.69, 9.17) is 4.74 Å². The predicted molar refractivity (Wildman–Crippen MR) is 117 cm³/mol. The lowest BCUT2D eigenvalue weighted by atomic mass is 10.1. The molecule has 0 spiro atoms. The molecule has 2 rings (SSSR count). The molecule has 5 nitrogen and oxygen atoms in total. The van der Waals surface area contributed by atoms with E-state index in [0.717, 1.165) is 16.8 Å². The summed E-state index contributed by atoms with van der Waals surface area (Å²) >= 11 is 1.59. The number of rotatable bonds is 7. The molecule has 1 heterocycles. The second-order valence-corrected chi connectivity index (χ2v) is 6.81. The molecule has 0 fully saturated rings. The quantitative estimate of drug-likeness (QED) is 0.318. The third-order valence-corrected chi connectivity index (χ3v) is 4.54. The van der Waals surface area contributed by atoms with Crippen molar-refractivity contribution in [1.82, 2.24) is 15.6 Å². The number of thiazole rings is 1. The van der Waals surface area contributed by atoms with Crippen LogP contribution in [0.4, 0.5) is 13.2 Å². The summed E-state index contributed by atoms with van der Waals surface area (Å²) in [6.07, 6.45) is -3.75. The summed E-state index contributed by atoms with van der Waals surface area (Å²) in [5.74, 6) is 0.632. The molecule has 28 heavy (non-hydrogen) atoms. The molecule has 0 amide bonds. The van der Waals surface area contributed by atoms with E-state index in [1.165, 1.54) is 19.2 Å². The Morgan fingerprint density at radius 3 is 2.61 bits per heavy atom. The van der Waals surface area contributed by atoms with Crippen molar-refractivity contribution in [1.29, 1.82) is 0 Å². The fraction of sp³-hybridized carbons (Fsp3) is 0.444. The van der Waals surface area contributed by atoms with Crippen molar-refractivity contribution >= 4 is 41.3 Å². The first kappa shape index (κ1) is 24.5. The molecule has 0 bridgehead atoms. The molecule has 0 atom stereocenters. The summed E-state index contributed by atoms with van der Waals surface area (Å²) in [4.78, 5) is 8.67. The molecular weight excluding hydrogens is 504 g/mol. The number of nitrogens with zero attached hydrogens (tertiary/aromatic N) is 2. The lowest BCUT2D eigenvalue weighted by Crippen LogP contribution is -2.38. The number of aliphatic imine (C=N–C) groups is 1. The Balaban J connectivity index is 0.00000392. The average Bonchev–Trinajstić information content (AvgIpc) is 3.04. The number of guanidine groups is 1. The van der Waals surface area contributed by atoms with Crippen molar-refractivity contribution in [2.75, 3.05) is 20.2 Å². The van der Waals surface area contributed by atoms with Crippen molar-refractivity contribution in [3.8, 4) is 5.75 Å². The third-order valence-electron chi connectivity index (χ3n) is 3.71. The first-order valence-electron chi connectivity index (χ1n) is 8.50. The van der Waals surface area contributed by atoms with Gasteiger partial charge in [-0.3, -0.25) is 0 Å². The van der Waals surface area contributed by atoms with E-state index >= 15 is 0 Å². The smallest absolute Gasteiger partial charge is 0.416 e. The van der Waals surface area contributed by atoms with Gasteiger partial charge in [-0.15, -0.1) is 35.3 Å². The number of hydrogen-bond donors (Lipinski definition) is 2. The summed E-state index contributed by atoms with van der Waals surface area (Å²) in [5, 5.41) is 9.17. The fourth-order valence-corrected chi connectivity index (χ4v) is 3.07. The molecule has 1 aromatic carbocycles. The highest BCUT2D eigenvalue weighted by Gasteiger charge is 2.33. The normalized spacial score (nSPS) is 11.7. The first-order chi connectivity index (χ1) is 12.8. The zero-order valence-corrected chi connectivity index (χ0v) is 19.0. The minimum absolute atomic E-state index is 0. The van der Waals surface area contributed by atoms with Gasteiger partial charge in [0.15, 0.2) is 5.96 Å². The predicted octanol–water partition coefficient (Wildman–Crippen LogP) is 4.39. The number of nitrogens with one attached hydrogen (secondary N) is 2. The largest absolute Gasteiger partial charge is 0.497 e. The van der Waals surface area contributed by atoms with Gasteiger partial charge in [-0.1, -0.05) is 6.07 Å². The summed E-state index contributed by atoms with van der Waals surface area (Å²) in [7, 11) is 1.34. The topological polar surface area (TPSA) is 58.5 Å². The zero-order valence-electron chi connectivity index (χ0n) is 15.9. The third kappa shape index (κ3) is 7.46. The van der Waals surface area contributed by atoms with Crippen LogP contribution < -0.4 is 15.4 Å². The standard InChI is InChI=1S/C18H23F3N4OS.HI/c1-4-22-17(23-8-7-14-11-27-12(2)25-14)24-10-13-5-6-15(26-3)9-16(13)18(19,20)21;/h5-6,9,11H,4,7-8,10H2,1-3H3,(H2,22,23,24);1H. The average molecular weight is 528 g/mol. The van der Waals surface area contributed by atoms with Crippen LogP contribution in [-0.4, -0.2) is 31.1 Å². The molecule has 0 unspecified atom stereocenters. The van der Waals surface area contributed by atoms with Crippen LogP contribution in [0, 0.1) is 6.92 Å². The van der Waals surface area contributed by atoms with Crippen LogP contribution >= 0.6 is 35.3 Å². The van der Waals surface area contributed by atoms with Gasteiger partial charge in [0.25, 0.3) is 0 Å². The highest BCUT2D eigenvalue weighted by Crippen LogP contribution is 2.34. The Morgan fingerprint density at radius 2 is 2.04 bits per heavy atom. The lowest BCUT2D eigenvalue weighted by Gasteiger charge is -2.14. The lowest BCUT2D eigenvalue weighted by molar-refractivity contribution is -0.138. The molecule has 156 valence electrons. The number of halogens is 4. The Kier molecular flexibility index (Phi) is 10.0. The van der Waals surface area contributed by atoms with Crippen LogP contribution in [0.15, 0.2) is 28.6 Å². The van der Waals surface area contributed by atoms with Crippen molar-refractivity contribution in [2.24, 2.45) is 4.99 Å². The van der Waals surface area contributed by atoms with E-state index in [-0.39, 0.29) is 41.8 Å². The van der Waals surface area contributed by atoms with E-state index < -0.39 is 11.7 Å². The van der Waals surface area contributed by atoms with Crippen molar-refractivity contribution < 1.29 is 17.9 Å². The Morgan fingerprint density at radius 1 is 1.29 bits per heavy atom. The van der Waals surface area contributed by atoms with Crippen LogP contribution in [0.2, 0.25) is 0 Å². The van der Waals surface area contributed by atoms with Crippen LogP contribution in [0.1, 0.15) is 28.8 Å². The maximum absolute atomic E-state index is 13.3. The van der Waals surface area contributed by atoms with Gasteiger partial charge < -0.3 is 15.4 Å². The molecule has 0 aliphatic rings. The Bertz CT molecular complexity index is 780. The second kappa shape index (κ2) is 11.4. The molecule has 0 aliphatic heterocycles. The Labute approximate surface area is 183 Å². The maximum Gasteiger partial charge on any atom is 0.416 e. The molecule has 2 aromatic rings. The summed E-state index contributed by atoms with van der Waals surface area (Å²) < 4.78 is 44.8. The number of ether oxygens (including phenoxy) is 1. The molecule has 10 heteroatoms. The molecule has 0 radical (unpaired) electrons. The fourth-order valence-electron chi connectivity index (χ4n) is 2.42. The van der Waals surface area contributed by atoms with E-state index in [9.17, 15) is 13.2 Å². The minimum atomic E-state index is -4.46. The number of hydrogen-bond acceptors (Lipinski definition) is 4. The number of aryl methyl sites for hydroxylation is 1. The number of benzene rings is 1. The molecule has 2 N–H and O–H groups in total. The second-order valence-electron chi connectivity index (χ2n) is 5.75. The van der Waals surface area contributed by atoms with Crippen molar-refractivity contribution in [2.45, 2.75) is 33.0 Å². The monoisotopic (exact) mass is 528 g/mol. The van der Waals surface area contributed by atoms with Gasteiger partial charge in [0, 0.05) is 24.9 Å². The van der Waals surface area contributed by atoms with E-state index in [0.29, 0.717) is 25.5 Å². The van der Waals surface area contributed by atoms with E-state index in [1.54, 1.807) is 11.3 Å². The van der Waals surface area contributed by atoms with Gasteiger partial charge >= 0.3 is 6.18 Å². The van der Waals surface area contributed by atoms with E-state index in [2.05, 4.69) is 20.6 Å². The van der Waals surface area contributed by atoms with Crippen molar-refractivity contribution in [3.63, 3.8) is 0 Å². The summed E-state index contributed by atoms with van der Waals surface area (Å²) in [6, 6.07) is 3.90. The van der Waals surface area contributed by atoms with Gasteiger partial charge in [0.1, 0.15) is 5.75 Å². The van der Waals surface area contributed by atoms with Crippen LogP contribution in [0.5, 0.6) is 5.75 Å². The van der Waals surface area contributed by atoms with Crippen LogP contribution in [0.3, 0.4) is 0 Å². The molecule has 0 saturated heterocycles. The number of aromatic nitrogens is 1. The molecule has 1 aromatic heterocycles. The Hall–Kier alpha value is -1.56. The summed E-state index contributed by atoms with van der Waals surface area (Å²) in [5.41, 5.74) is 0.338. The highest BCUT2D eigenvalue weighted by molar-refractivity contribution is 14.0. The van der Waals surface area contributed by atoms with Crippen LogP contribution in [0.25, 0.3) is 0 Å². The van der Waals surface area contributed by atoms with Gasteiger partial charge in [-0.25, -0.2) is 9.98 Å². The first-order valence-corrected chi connectivity index (χ1v) is 9.38. The maximum atomic E-state index is 13.3. The SMILES string of the molecule is CCNC(=NCc1ccc(OC)cc1C(F)(F)F)NCCc1csc(C)n1.I. The number of alkyl halides is 3. The van der Waals surface area contributed by atoms with E-state index in [1.807, 2.05) is 19.2 Å². The molecular formula is C18H24F3IN4OS. The minimum Gasteiger partial charge on any atom is -0.497 e. The summed E-state index contributed by atoms with van der Waals surface area (Å²) in [6.45, 7) is 4.94. The molecule has 0 saturated carbocycles. The van der Waals surface area contributed by atoms with Gasteiger partial charge in [0.05, 0.1) is 29.9 Å². The van der Waals surface area contributed by atoms with Crippen molar-refractivity contribution in [3.05, 3.63) is 45.4 Å².